The van der Waals surface area contributed by atoms with Crippen LogP contribution >= 0.6 is 0 Å². The van der Waals surface area contributed by atoms with Gasteiger partial charge < -0.3 is 25.6 Å². The van der Waals surface area contributed by atoms with Crippen molar-refractivity contribution in [1.29, 1.82) is 0 Å². The predicted octanol–water partition coefficient (Wildman–Crippen LogP) is 0.342. The fourth-order valence-corrected chi connectivity index (χ4v) is 4.75. The molecule has 10 heteroatoms. The average molecular weight is 461 g/mol. The number of carbonyl (C=O) groups is 5. The van der Waals surface area contributed by atoms with Crippen molar-refractivity contribution in [2.75, 3.05) is 0 Å². The average Bonchev–Trinajstić information content (AvgIpc) is 3.06. The van der Waals surface area contributed by atoms with Crippen LogP contribution in [-0.2, 0) is 36.9 Å². The standard InChI is InChI=1S/C23H32N4O6/c1-11(2)19(25-13(4)28)22(31)26-16-6-5-14-7-8-27-10-15(9-17(29)18(16)20(14)27)21(30)24-12(3)23(32)33/h7-8,11-12,15-16,18-19H,5-6,9-10H2,1-4H3,(H,24,30)(H,25,28)(H,26,31)(H,32,33)/t12?,15-,16-,18?,19?/m0/s1. The van der Waals surface area contributed by atoms with Crippen molar-refractivity contribution in [1.82, 2.24) is 20.5 Å². The lowest BCUT2D eigenvalue weighted by atomic mass is 9.79. The van der Waals surface area contributed by atoms with Crippen LogP contribution in [0.2, 0.25) is 0 Å². The van der Waals surface area contributed by atoms with Gasteiger partial charge in [-0.1, -0.05) is 13.8 Å². The van der Waals surface area contributed by atoms with E-state index in [0.717, 1.165) is 11.3 Å². The van der Waals surface area contributed by atoms with Crippen molar-refractivity contribution in [3.63, 3.8) is 0 Å². The van der Waals surface area contributed by atoms with Crippen LogP contribution in [0, 0.1) is 11.8 Å². The zero-order valence-corrected chi connectivity index (χ0v) is 19.4. The molecule has 1 aromatic heterocycles. The van der Waals surface area contributed by atoms with Crippen molar-refractivity contribution < 1.29 is 29.1 Å². The molecule has 0 saturated heterocycles. The van der Waals surface area contributed by atoms with E-state index in [0.29, 0.717) is 12.8 Å². The summed E-state index contributed by atoms with van der Waals surface area (Å²) in [5, 5.41) is 17.2. The zero-order valence-electron chi connectivity index (χ0n) is 19.4. The molecular weight excluding hydrogens is 428 g/mol. The van der Waals surface area contributed by atoms with Crippen LogP contribution in [0.3, 0.4) is 0 Å². The molecule has 3 amide bonds. The van der Waals surface area contributed by atoms with E-state index in [1.165, 1.54) is 13.8 Å². The number of hydrogen-bond donors (Lipinski definition) is 4. The van der Waals surface area contributed by atoms with Crippen LogP contribution in [0.25, 0.3) is 0 Å². The number of nitrogens with one attached hydrogen (secondary N) is 3. The van der Waals surface area contributed by atoms with Crippen molar-refractivity contribution >= 4 is 29.5 Å². The number of hydrogen-bond acceptors (Lipinski definition) is 5. The summed E-state index contributed by atoms with van der Waals surface area (Å²) in [5.41, 5.74) is 1.82. The molecule has 1 aliphatic carbocycles. The fourth-order valence-electron chi connectivity index (χ4n) is 4.75. The Morgan fingerprint density at radius 3 is 2.45 bits per heavy atom. The van der Waals surface area contributed by atoms with Crippen LogP contribution < -0.4 is 16.0 Å². The Labute approximate surface area is 192 Å². The van der Waals surface area contributed by atoms with E-state index >= 15 is 0 Å². The summed E-state index contributed by atoms with van der Waals surface area (Å²) >= 11 is 0. The summed E-state index contributed by atoms with van der Waals surface area (Å²) in [6.45, 7) is 6.66. The van der Waals surface area contributed by atoms with Gasteiger partial charge in [0.2, 0.25) is 17.7 Å². The van der Waals surface area contributed by atoms with E-state index in [1.807, 2.05) is 30.7 Å². The molecule has 2 heterocycles. The van der Waals surface area contributed by atoms with Gasteiger partial charge >= 0.3 is 5.97 Å². The molecule has 1 aromatic rings. The van der Waals surface area contributed by atoms with Crippen LogP contribution in [0.1, 0.15) is 57.7 Å². The number of carboxylic acids is 1. The molecule has 10 nitrogen and oxygen atoms in total. The molecule has 180 valence electrons. The summed E-state index contributed by atoms with van der Waals surface area (Å²) in [5.74, 6) is -3.89. The van der Waals surface area contributed by atoms with E-state index in [1.54, 1.807) is 0 Å². The summed E-state index contributed by atoms with van der Waals surface area (Å²) in [6, 6.07) is -0.300. The Morgan fingerprint density at radius 2 is 1.85 bits per heavy atom. The highest BCUT2D eigenvalue weighted by Crippen LogP contribution is 2.38. The van der Waals surface area contributed by atoms with Crippen LogP contribution in [-0.4, -0.2) is 57.3 Å². The SMILES string of the molecule is CC(=O)NC(C(=O)N[C@H]1CCc2ccn3c2C1C(=O)C[C@H](C(=O)NC(C)C(=O)O)C3)C(C)C. The van der Waals surface area contributed by atoms with Gasteiger partial charge in [0, 0.05) is 37.8 Å². The Balaban J connectivity index is 1.84. The Morgan fingerprint density at radius 1 is 1.15 bits per heavy atom. The number of nitrogens with zero attached hydrogens (tertiary/aromatic N) is 1. The summed E-state index contributed by atoms with van der Waals surface area (Å²) in [6.07, 6.45) is 3.04. The second-order valence-electron chi connectivity index (χ2n) is 9.37. The minimum Gasteiger partial charge on any atom is -0.480 e. The Kier molecular flexibility index (Phi) is 7.24. The minimum atomic E-state index is -1.15. The molecule has 2 aliphatic rings. The van der Waals surface area contributed by atoms with Crippen molar-refractivity contribution in [2.24, 2.45) is 11.8 Å². The number of amides is 3. The molecule has 0 fully saturated rings. The van der Waals surface area contributed by atoms with E-state index in [2.05, 4.69) is 16.0 Å². The molecule has 5 atom stereocenters. The first-order valence-corrected chi connectivity index (χ1v) is 11.3. The van der Waals surface area contributed by atoms with Gasteiger partial charge in [0.05, 0.1) is 11.8 Å². The van der Waals surface area contributed by atoms with E-state index < -0.39 is 41.8 Å². The maximum atomic E-state index is 13.4. The number of carbonyl (C=O) groups excluding carboxylic acids is 4. The number of aromatic nitrogens is 1. The molecule has 3 rings (SSSR count). The van der Waals surface area contributed by atoms with Gasteiger partial charge in [0.15, 0.2) is 0 Å². The third-order valence-electron chi connectivity index (χ3n) is 6.46. The largest absolute Gasteiger partial charge is 0.480 e. The zero-order chi connectivity index (χ0) is 24.4. The number of ketones is 1. The maximum Gasteiger partial charge on any atom is 0.325 e. The summed E-state index contributed by atoms with van der Waals surface area (Å²) in [4.78, 5) is 61.7. The number of aliphatic carboxylic acids is 1. The molecule has 33 heavy (non-hydrogen) atoms. The molecule has 0 spiro atoms. The van der Waals surface area contributed by atoms with Gasteiger partial charge in [-0.3, -0.25) is 24.0 Å². The lowest BCUT2D eigenvalue weighted by Crippen LogP contribution is -2.54. The van der Waals surface area contributed by atoms with Gasteiger partial charge in [0.25, 0.3) is 0 Å². The molecule has 0 bridgehead atoms. The quantitative estimate of drug-likeness (QED) is 0.462. The smallest absolute Gasteiger partial charge is 0.325 e. The van der Waals surface area contributed by atoms with Crippen molar-refractivity contribution in [2.45, 2.75) is 77.5 Å². The monoisotopic (exact) mass is 460 g/mol. The van der Waals surface area contributed by atoms with Gasteiger partial charge in [-0.2, -0.15) is 0 Å². The van der Waals surface area contributed by atoms with E-state index in [-0.39, 0.29) is 36.5 Å². The molecule has 3 unspecified atom stereocenters. The Hall–Kier alpha value is -3.17. The van der Waals surface area contributed by atoms with Crippen molar-refractivity contribution in [3.8, 4) is 0 Å². The van der Waals surface area contributed by atoms with Crippen LogP contribution in [0.15, 0.2) is 12.3 Å². The number of aryl methyl sites for hydroxylation is 1. The lowest BCUT2D eigenvalue weighted by molar-refractivity contribution is -0.142. The molecule has 1 aliphatic heterocycles. The van der Waals surface area contributed by atoms with Gasteiger partial charge in [-0.15, -0.1) is 0 Å². The number of carboxylic acid groups (broad SMARTS) is 1. The molecule has 0 radical (unpaired) electrons. The second kappa shape index (κ2) is 9.76. The van der Waals surface area contributed by atoms with Crippen LogP contribution in [0.5, 0.6) is 0 Å². The highest BCUT2D eigenvalue weighted by Gasteiger charge is 2.43. The fraction of sp³-hybridized carbons (Fsp3) is 0.609. The molecular formula is C23H32N4O6. The topological polar surface area (TPSA) is 147 Å². The minimum absolute atomic E-state index is 0.0460. The first kappa shape index (κ1) is 24.5. The van der Waals surface area contributed by atoms with Crippen LogP contribution in [0.4, 0.5) is 0 Å². The first-order chi connectivity index (χ1) is 15.5. The predicted molar refractivity (Wildman–Crippen MR) is 118 cm³/mol. The Bertz CT molecular complexity index is 968. The van der Waals surface area contributed by atoms with E-state index in [4.69, 9.17) is 5.11 Å². The normalized spacial score (nSPS) is 23.7. The second-order valence-corrected chi connectivity index (χ2v) is 9.37. The first-order valence-electron chi connectivity index (χ1n) is 11.3. The van der Waals surface area contributed by atoms with E-state index in [9.17, 15) is 24.0 Å². The molecule has 0 saturated carbocycles. The number of Topliss-reactive ketones (excluding diaryl/α,β-unsaturated/α-hetero) is 1. The summed E-state index contributed by atoms with van der Waals surface area (Å²) < 4.78 is 1.88. The highest BCUT2D eigenvalue weighted by atomic mass is 16.4. The number of rotatable bonds is 7. The third kappa shape index (κ3) is 5.26. The maximum absolute atomic E-state index is 13.4. The van der Waals surface area contributed by atoms with Crippen molar-refractivity contribution in [3.05, 3.63) is 23.5 Å². The third-order valence-corrected chi connectivity index (χ3v) is 6.46. The molecule has 4 N–H and O–H groups in total. The van der Waals surface area contributed by atoms with Gasteiger partial charge in [0.1, 0.15) is 17.9 Å². The lowest BCUT2D eigenvalue weighted by Gasteiger charge is -2.33. The summed E-state index contributed by atoms with van der Waals surface area (Å²) in [7, 11) is 0. The van der Waals surface area contributed by atoms with Gasteiger partial charge in [-0.25, -0.2) is 0 Å². The highest BCUT2D eigenvalue weighted by molar-refractivity contribution is 5.94. The molecule has 0 aromatic carbocycles. The van der Waals surface area contributed by atoms with Gasteiger partial charge in [-0.05, 0) is 37.3 Å².